The molecule has 2 N–H and O–H groups in total. The fourth-order valence-electron chi connectivity index (χ4n) is 4.07. The van der Waals surface area contributed by atoms with E-state index in [-0.39, 0.29) is 23.2 Å². The van der Waals surface area contributed by atoms with Crippen molar-refractivity contribution >= 4 is 17.8 Å². The van der Waals surface area contributed by atoms with E-state index in [1.165, 1.54) is 0 Å². The third kappa shape index (κ3) is 3.03. The first-order valence-electron chi connectivity index (χ1n) is 9.33. The topological polar surface area (TPSA) is 78.5 Å². The molecule has 0 radical (unpaired) electrons. The minimum atomic E-state index is -1.15. The van der Waals surface area contributed by atoms with Crippen LogP contribution in [0.4, 0.5) is 4.79 Å². The van der Waals surface area contributed by atoms with E-state index < -0.39 is 17.5 Å². The van der Waals surface area contributed by atoms with Crippen molar-refractivity contribution in [2.45, 2.75) is 46.6 Å². The average molecular weight is 369 g/mol. The molecule has 3 atom stereocenters. The first-order chi connectivity index (χ1) is 12.6. The summed E-state index contributed by atoms with van der Waals surface area (Å²) in [5.74, 6) is -0.910. The molecule has 2 fully saturated rings. The quantitative estimate of drug-likeness (QED) is 0.618. The Morgan fingerprint density at radius 1 is 1.22 bits per heavy atom. The standard InChI is InChI=1S/C21H27N3O3/c1-6-21(14-10-8-7-9-11-14)18(26)24(19(27)22-21)23-17(25)16-15(12-13(2)3)20(16,4)5/h7-12,15-16H,6H2,1-5H3,(H,22,27)(H,23,25)/t15-,16+,21+/m0/s1. The number of amides is 4. The summed E-state index contributed by atoms with van der Waals surface area (Å²) in [5.41, 5.74) is 3.07. The van der Waals surface area contributed by atoms with Crippen molar-refractivity contribution in [1.82, 2.24) is 15.8 Å². The maximum atomic E-state index is 13.1. The lowest BCUT2D eigenvalue weighted by Crippen LogP contribution is -2.49. The number of urea groups is 1. The van der Waals surface area contributed by atoms with Crippen LogP contribution in [-0.4, -0.2) is 22.9 Å². The van der Waals surface area contributed by atoms with Gasteiger partial charge < -0.3 is 5.32 Å². The van der Waals surface area contributed by atoms with Gasteiger partial charge in [0, 0.05) is 0 Å². The van der Waals surface area contributed by atoms with Gasteiger partial charge in [0.05, 0.1) is 5.92 Å². The summed E-state index contributed by atoms with van der Waals surface area (Å²) in [4.78, 5) is 38.4. The monoisotopic (exact) mass is 369 g/mol. The minimum Gasteiger partial charge on any atom is -0.318 e. The average Bonchev–Trinajstić information content (AvgIpc) is 3.06. The Hall–Kier alpha value is -2.63. The van der Waals surface area contributed by atoms with Crippen LogP contribution < -0.4 is 10.7 Å². The Labute approximate surface area is 160 Å². The van der Waals surface area contributed by atoms with Crippen LogP contribution in [0.3, 0.4) is 0 Å². The number of hydrogen-bond acceptors (Lipinski definition) is 3. The smallest absolute Gasteiger partial charge is 0.318 e. The fraction of sp³-hybridized carbons (Fsp3) is 0.476. The first-order valence-corrected chi connectivity index (χ1v) is 9.33. The van der Waals surface area contributed by atoms with Crippen LogP contribution in [0.5, 0.6) is 0 Å². The summed E-state index contributed by atoms with van der Waals surface area (Å²) in [6.07, 6.45) is 2.47. The van der Waals surface area contributed by atoms with Crippen LogP contribution in [0.2, 0.25) is 0 Å². The molecular formula is C21H27N3O3. The van der Waals surface area contributed by atoms with Gasteiger partial charge in [0.25, 0.3) is 5.91 Å². The van der Waals surface area contributed by atoms with Gasteiger partial charge >= 0.3 is 6.03 Å². The number of rotatable bonds is 5. The van der Waals surface area contributed by atoms with Gasteiger partial charge in [-0.3, -0.25) is 15.0 Å². The van der Waals surface area contributed by atoms with Crippen molar-refractivity contribution in [2.24, 2.45) is 17.3 Å². The Kier molecular flexibility index (Phi) is 4.62. The molecule has 1 heterocycles. The maximum Gasteiger partial charge on any atom is 0.344 e. The van der Waals surface area contributed by atoms with E-state index in [4.69, 9.17) is 0 Å². The third-order valence-corrected chi connectivity index (χ3v) is 5.82. The van der Waals surface area contributed by atoms with Crippen LogP contribution in [0.15, 0.2) is 42.0 Å². The van der Waals surface area contributed by atoms with Gasteiger partial charge in [-0.25, -0.2) is 4.79 Å². The van der Waals surface area contributed by atoms with Gasteiger partial charge in [0.15, 0.2) is 0 Å². The molecule has 4 amide bonds. The molecule has 3 rings (SSSR count). The largest absolute Gasteiger partial charge is 0.344 e. The highest BCUT2D eigenvalue weighted by molar-refractivity contribution is 6.08. The lowest BCUT2D eigenvalue weighted by Gasteiger charge is -2.25. The number of hydrazine groups is 1. The van der Waals surface area contributed by atoms with Crippen molar-refractivity contribution < 1.29 is 14.4 Å². The van der Waals surface area contributed by atoms with Gasteiger partial charge in [-0.15, -0.1) is 0 Å². The van der Waals surface area contributed by atoms with E-state index >= 15 is 0 Å². The van der Waals surface area contributed by atoms with E-state index in [9.17, 15) is 14.4 Å². The molecule has 6 nitrogen and oxygen atoms in total. The molecule has 0 bridgehead atoms. The normalized spacial score (nSPS) is 28.6. The predicted octanol–water partition coefficient (Wildman–Crippen LogP) is 3.11. The van der Waals surface area contributed by atoms with E-state index in [1.807, 2.05) is 65.0 Å². The molecule has 1 aliphatic carbocycles. The van der Waals surface area contributed by atoms with Crippen LogP contribution in [0.25, 0.3) is 0 Å². The Balaban J connectivity index is 1.81. The SMILES string of the molecule is CC[C@]1(c2ccccc2)NC(=O)N(NC(=O)[C@H]2[C@H](C=C(C)C)C2(C)C)C1=O. The molecule has 0 spiro atoms. The molecule has 2 aliphatic rings. The number of imide groups is 1. The molecule has 1 aliphatic heterocycles. The van der Waals surface area contributed by atoms with Crippen molar-refractivity contribution in [3.8, 4) is 0 Å². The molecule has 0 aromatic heterocycles. The van der Waals surface area contributed by atoms with Crippen molar-refractivity contribution in [3.63, 3.8) is 0 Å². The van der Waals surface area contributed by atoms with E-state index in [0.29, 0.717) is 12.0 Å². The fourth-order valence-corrected chi connectivity index (χ4v) is 4.07. The second-order valence-electron chi connectivity index (χ2n) is 8.24. The Morgan fingerprint density at radius 2 is 1.85 bits per heavy atom. The molecular weight excluding hydrogens is 342 g/mol. The molecule has 144 valence electrons. The molecule has 0 unspecified atom stereocenters. The number of carbonyl (C=O) groups excluding carboxylic acids is 3. The zero-order valence-electron chi connectivity index (χ0n) is 16.5. The van der Waals surface area contributed by atoms with Crippen molar-refractivity contribution in [3.05, 3.63) is 47.5 Å². The minimum absolute atomic E-state index is 0.105. The van der Waals surface area contributed by atoms with Gasteiger partial charge in [0.2, 0.25) is 5.91 Å². The maximum absolute atomic E-state index is 13.1. The second-order valence-corrected chi connectivity index (χ2v) is 8.24. The van der Waals surface area contributed by atoms with Crippen LogP contribution in [0, 0.1) is 17.3 Å². The highest BCUT2D eigenvalue weighted by Crippen LogP contribution is 2.59. The number of allylic oxidation sites excluding steroid dienone is 2. The number of nitrogens with one attached hydrogen (secondary N) is 2. The van der Waals surface area contributed by atoms with E-state index in [2.05, 4.69) is 16.8 Å². The zero-order valence-corrected chi connectivity index (χ0v) is 16.5. The Morgan fingerprint density at radius 3 is 2.41 bits per heavy atom. The number of carbonyl (C=O) groups is 3. The summed E-state index contributed by atoms with van der Waals surface area (Å²) < 4.78 is 0. The van der Waals surface area contributed by atoms with Crippen LogP contribution in [0.1, 0.15) is 46.6 Å². The molecule has 1 saturated carbocycles. The summed E-state index contributed by atoms with van der Waals surface area (Å²) in [7, 11) is 0. The van der Waals surface area contributed by atoms with Gasteiger partial charge in [-0.2, -0.15) is 5.01 Å². The second kappa shape index (κ2) is 6.51. The third-order valence-electron chi connectivity index (χ3n) is 5.82. The first kappa shape index (κ1) is 19.1. The summed E-state index contributed by atoms with van der Waals surface area (Å²) >= 11 is 0. The summed E-state index contributed by atoms with van der Waals surface area (Å²) in [6, 6.07) is 8.51. The van der Waals surface area contributed by atoms with Crippen molar-refractivity contribution in [1.29, 1.82) is 0 Å². The molecule has 1 aromatic carbocycles. The number of nitrogens with zero attached hydrogens (tertiary/aromatic N) is 1. The Bertz CT molecular complexity index is 811. The summed E-state index contributed by atoms with van der Waals surface area (Å²) in [5, 5.41) is 3.61. The van der Waals surface area contributed by atoms with E-state index in [1.54, 1.807) is 0 Å². The highest BCUT2D eigenvalue weighted by Gasteiger charge is 2.61. The lowest BCUT2D eigenvalue weighted by molar-refractivity contribution is -0.140. The van der Waals surface area contributed by atoms with E-state index in [0.717, 1.165) is 10.6 Å². The van der Waals surface area contributed by atoms with Gasteiger partial charge in [-0.1, -0.05) is 62.8 Å². The van der Waals surface area contributed by atoms with Crippen LogP contribution >= 0.6 is 0 Å². The van der Waals surface area contributed by atoms with Crippen molar-refractivity contribution in [2.75, 3.05) is 0 Å². The molecule has 6 heteroatoms. The predicted molar refractivity (Wildman–Crippen MR) is 102 cm³/mol. The molecule has 27 heavy (non-hydrogen) atoms. The number of benzene rings is 1. The highest BCUT2D eigenvalue weighted by atomic mass is 16.2. The molecule has 1 saturated heterocycles. The molecule has 1 aromatic rings. The van der Waals surface area contributed by atoms with Crippen LogP contribution in [-0.2, 0) is 15.1 Å². The van der Waals surface area contributed by atoms with Gasteiger partial charge in [-0.05, 0) is 37.2 Å². The van der Waals surface area contributed by atoms with Gasteiger partial charge in [0.1, 0.15) is 5.54 Å². The summed E-state index contributed by atoms with van der Waals surface area (Å²) in [6.45, 7) is 9.87. The zero-order chi connectivity index (χ0) is 20.0. The lowest BCUT2D eigenvalue weighted by atomic mass is 9.87. The number of hydrogen-bond donors (Lipinski definition) is 2.